The van der Waals surface area contributed by atoms with Crippen LogP contribution in [0.5, 0.6) is 0 Å². The molecule has 0 fully saturated rings. The molecule has 2 N–H and O–H groups in total. The molecule has 0 amide bonds. The Morgan fingerprint density at radius 1 is 1.19 bits per heavy atom. The number of anilines is 1. The van der Waals surface area contributed by atoms with Crippen molar-refractivity contribution in [1.82, 2.24) is 5.32 Å². The highest BCUT2D eigenvalue weighted by Gasteiger charge is 2.11. The molecule has 0 aliphatic heterocycles. The molecule has 2 aromatic carbocycles. The molecule has 3 aromatic rings. The first kappa shape index (κ1) is 18.6. The number of nitrogens with one attached hydrogen (secondary N) is 2. The summed E-state index contributed by atoms with van der Waals surface area (Å²) in [7, 11) is 1.38. The van der Waals surface area contributed by atoms with Crippen LogP contribution in [-0.2, 0) is 4.74 Å². The molecule has 0 saturated heterocycles. The van der Waals surface area contributed by atoms with Gasteiger partial charge in [-0.3, -0.25) is 0 Å². The van der Waals surface area contributed by atoms with Crippen LogP contribution < -0.4 is 10.6 Å². The number of hydrogen-bond donors (Lipinski definition) is 2. The molecule has 1 aromatic heterocycles. The Labute approximate surface area is 166 Å². The zero-order valence-electron chi connectivity index (χ0n) is 14.2. The van der Waals surface area contributed by atoms with Crippen LogP contribution >= 0.6 is 35.2 Å². The van der Waals surface area contributed by atoms with Crippen LogP contribution in [-0.4, -0.2) is 18.2 Å². The van der Waals surface area contributed by atoms with E-state index in [1.165, 1.54) is 18.4 Å². The molecule has 0 spiro atoms. The van der Waals surface area contributed by atoms with Crippen LogP contribution in [0.25, 0.3) is 10.1 Å². The molecule has 1 atom stereocenters. The largest absolute Gasteiger partial charge is 0.465 e. The maximum absolute atomic E-state index is 11.7. The number of esters is 1. The molecule has 4 nitrogen and oxygen atoms in total. The van der Waals surface area contributed by atoms with E-state index in [0.717, 1.165) is 21.3 Å². The molecule has 0 aliphatic rings. The Balaban J connectivity index is 1.68. The van der Waals surface area contributed by atoms with E-state index in [0.29, 0.717) is 15.0 Å². The monoisotopic (exact) mass is 404 g/mol. The first-order valence-corrected chi connectivity index (χ1v) is 9.51. The molecule has 3 rings (SSSR count). The van der Waals surface area contributed by atoms with E-state index < -0.39 is 0 Å². The van der Waals surface area contributed by atoms with Gasteiger partial charge in [0.25, 0.3) is 0 Å². The number of benzene rings is 2. The van der Waals surface area contributed by atoms with E-state index in [1.54, 1.807) is 0 Å². The maximum Gasteiger partial charge on any atom is 0.348 e. The summed E-state index contributed by atoms with van der Waals surface area (Å²) >= 11 is 12.7. The maximum atomic E-state index is 11.7. The topological polar surface area (TPSA) is 50.4 Å². The van der Waals surface area contributed by atoms with Gasteiger partial charge in [0.05, 0.1) is 13.2 Å². The van der Waals surface area contributed by atoms with E-state index in [-0.39, 0.29) is 12.0 Å². The van der Waals surface area contributed by atoms with Gasteiger partial charge in [0.2, 0.25) is 0 Å². The van der Waals surface area contributed by atoms with Crippen molar-refractivity contribution in [3.05, 3.63) is 64.0 Å². The summed E-state index contributed by atoms with van der Waals surface area (Å²) in [4.78, 5) is 12.2. The first-order chi connectivity index (χ1) is 12.5. The van der Waals surface area contributed by atoms with Gasteiger partial charge in [0.1, 0.15) is 4.88 Å². The molecule has 1 heterocycles. The van der Waals surface area contributed by atoms with Crippen LogP contribution in [0.1, 0.15) is 28.2 Å². The van der Waals surface area contributed by atoms with Crippen LogP contribution in [0.15, 0.2) is 48.5 Å². The van der Waals surface area contributed by atoms with Crippen molar-refractivity contribution in [1.29, 1.82) is 0 Å². The molecule has 0 unspecified atom stereocenters. The Morgan fingerprint density at radius 2 is 1.92 bits per heavy atom. The average molecular weight is 405 g/mol. The minimum Gasteiger partial charge on any atom is -0.465 e. The fourth-order valence-electron chi connectivity index (χ4n) is 2.52. The third-order valence-corrected chi connectivity index (χ3v) is 5.45. The Hall–Kier alpha value is -2.15. The Kier molecular flexibility index (Phi) is 5.76. The van der Waals surface area contributed by atoms with Gasteiger partial charge < -0.3 is 15.4 Å². The number of ether oxygens (including phenoxy) is 1. The molecule has 0 radical (unpaired) electrons. The van der Waals surface area contributed by atoms with Gasteiger partial charge in [-0.2, -0.15) is 0 Å². The van der Waals surface area contributed by atoms with Crippen LogP contribution in [0.4, 0.5) is 5.69 Å². The lowest BCUT2D eigenvalue weighted by molar-refractivity contribution is 0.0606. The fourth-order valence-corrected chi connectivity index (χ4v) is 3.90. The molecule has 0 saturated carbocycles. The number of carbonyl (C=O) groups excluding carboxylic acids is 1. The van der Waals surface area contributed by atoms with E-state index in [9.17, 15) is 4.79 Å². The number of fused-ring (bicyclic) bond motifs is 1. The fraction of sp³-hybridized carbons (Fsp3) is 0.158. The van der Waals surface area contributed by atoms with Crippen LogP contribution in [0.3, 0.4) is 0 Å². The molecule has 26 heavy (non-hydrogen) atoms. The number of hydrogen-bond acceptors (Lipinski definition) is 4. The first-order valence-electron chi connectivity index (χ1n) is 7.91. The van der Waals surface area contributed by atoms with Crippen molar-refractivity contribution in [2.75, 3.05) is 12.4 Å². The predicted octanol–water partition coefficient (Wildman–Crippen LogP) is 5.39. The second-order valence-corrected chi connectivity index (χ2v) is 7.65. The van der Waals surface area contributed by atoms with Crippen molar-refractivity contribution in [2.24, 2.45) is 0 Å². The number of methoxy groups -OCH3 is 1. The predicted molar refractivity (Wildman–Crippen MR) is 112 cm³/mol. The molecule has 134 valence electrons. The van der Waals surface area contributed by atoms with Gasteiger partial charge in [-0.1, -0.05) is 23.7 Å². The van der Waals surface area contributed by atoms with Gasteiger partial charge in [-0.15, -0.1) is 11.3 Å². The third kappa shape index (κ3) is 4.33. The number of thiophene rings is 1. The second-order valence-electron chi connectivity index (χ2n) is 5.73. The van der Waals surface area contributed by atoms with Gasteiger partial charge >= 0.3 is 5.97 Å². The highest BCUT2D eigenvalue weighted by atomic mass is 35.5. The number of carbonyl (C=O) groups is 1. The summed E-state index contributed by atoms with van der Waals surface area (Å²) in [6.45, 7) is 2.03. The highest BCUT2D eigenvalue weighted by molar-refractivity contribution is 7.80. The lowest BCUT2D eigenvalue weighted by Gasteiger charge is -2.17. The normalized spacial score (nSPS) is 11.8. The standard InChI is InChI=1S/C19H17ClN2O2S2/c1-11(12-3-5-14(20)6-4-12)21-19(25)22-15-7-8-16-13(9-15)10-17(26-16)18(23)24-2/h3-11H,1-2H3,(H2,21,22,25)/t11-/m1/s1. The Bertz CT molecular complexity index is 954. The van der Waals surface area contributed by atoms with Crippen molar-refractivity contribution >= 4 is 62.0 Å². The number of rotatable bonds is 4. The summed E-state index contributed by atoms with van der Waals surface area (Å²) in [6, 6.07) is 15.4. The lowest BCUT2D eigenvalue weighted by Crippen LogP contribution is -2.30. The minimum atomic E-state index is -0.324. The van der Waals surface area contributed by atoms with Crippen molar-refractivity contribution in [3.8, 4) is 0 Å². The zero-order chi connectivity index (χ0) is 18.7. The minimum absolute atomic E-state index is 0.0445. The van der Waals surface area contributed by atoms with Gasteiger partial charge in [-0.25, -0.2) is 4.79 Å². The van der Waals surface area contributed by atoms with Gasteiger partial charge in [0, 0.05) is 15.4 Å². The SMILES string of the molecule is COC(=O)c1cc2cc(NC(=S)N[C@H](C)c3ccc(Cl)cc3)ccc2s1. The van der Waals surface area contributed by atoms with Gasteiger partial charge in [0.15, 0.2) is 5.11 Å². The number of thiocarbonyl (C=S) groups is 1. The summed E-state index contributed by atoms with van der Waals surface area (Å²) < 4.78 is 5.79. The van der Waals surface area contributed by atoms with E-state index in [2.05, 4.69) is 10.6 Å². The molecule has 0 aliphatic carbocycles. The van der Waals surface area contributed by atoms with Crippen molar-refractivity contribution in [2.45, 2.75) is 13.0 Å². The molecular weight excluding hydrogens is 388 g/mol. The van der Waals surface area contributed by atoms with E-state index in [4.69, 9.17) is 28.6 Å². The third-order valence-electron chi connectivity index (χ3n) is 3.88. The van der Waals surface area contributed by atoms with Crippen LogP contribution in [0, 0.1) is 0 Å². The summed E-state index contributed by atoms with van der Waals surface area (Å²) in [6.07, 6.45) is 0. The highest BCUT2D eigenvalue weighted by Crippen LogP contribution is 2.28. The summed E-state index contributed by atoms with van der Waals surface area (Å²) in [5.41, 5.74) is 1.95. The number of halogens is 1. The smallest absolute Gasteiger partial charge is 0.348 e. The molecule has 0 bridgehead atoms. The molecule has 7 heteroatoms. The summed E-state index contributed by atoms with van der Waals surface area (Å²) in [5.74, 6) is -0.324. The average Bonchev–Trinajstić information content (AvgIpc) is 3.04. The van der Waals surface area contributed by atoms with E-state index in [1.807, 2.05) is 55.5 Å². The zero-order valence-corrected chi connectivity index (χ0v) is 16.6. The van der Waals surface area contributed by atoms with Crippen LogP contribution in [0.2, 0.25) is 5.02 Å². The summed E-state index contributed by atoms with van der Waals surface area (Å²) in [5, 5.41) is 8.63. The van der Waals surface area contributed by atoms with Crippen molar-refractivity contribution in [3.63, 3.8) is 0 Å². The second kappa shape index (κ2) is 8.03. The van der Waals surface area contributed by atoms with Gasteiger partial charge in [-0.05, 0) is 66.5 Å². The van der Waals surface area contributed by atoms with E-state index >= 15 is 0 Å². The van der Waals surface area contributed by atoms with Crippen molar-refractivity contribution < 1.29 is 9.53 Å². The quantitative estimate of drug-likeness (QED) is 0.451. The lowest BCUT2D eigenvalue weighted by atomic mass is 10.1. The Morgan fingerprint density at radius 3 is 2.62 bits per heavy atom. The molecular formula is C19H17ClN2O2S2.